The zero-order chi connectivity index (χ0) is 12.1. The average Bonchev–Trinajstić information content (AvgIpc) is 2.78. The highest BCUT2D eigenvalue weighted by Crippen LogP contribution is 2.08. The molecule has 1 aromatic carbocycles. The predicted molar refractivity (Wildman–Crippen MR) is 67.8 cm³/mol. The molecular weight excluding hydrogens is 212 g/mol. The van der Waals surface area contributed by atoms with Crippen molar-refractivity contribution in [3.05, 3.63) is 53.9 Å². The number of aliphatic hydroxyl groups excluding tert-OH is 1. The molecule has 0 radical (unpaired) electrons. The van der Waals surface area contributed by atoms with Crippen molar-refractivity contribution in [3.8, 4) is 0 Å². The quantitative estimate of drug-likeness (QED) is 0.853. The summed E-state index contributed by atoms with van der Waals surface area (Å²) in [4.78, 5) is 0. The number of rotatable bonds is 5. The number of aromatic nitrogens is 2. The molecule has 1 atom stereocenters. The Bertz CT molecular complexity index is 450. The summed E-state index contributed by atoms with van der Waals surface area (Å²) in [6.45, 7) is 2.92. The van der Waals surface area contributed by atoms with Crippen molar-refractivity contribution in [2.75, 3.05) is 0 Å². The van der Waals surface area contributed by atoms with E-state index in [0.29, 0.717) is 12.8 Å². The van der Waals surface area contributed by atoms with Crippen LogP contribution in [0.1, 0.15) is 18.1 Å². The van der Waals surface area contributed by atoms with E-state index in [-0.39, 0.29) is 6.10 Å². The smallest absolute Gasteiger partial charge is 0.0622 e. The van der Waals surface area contributed by atoms with Crippen LogP contribution in [0.3, 0.4) is 0 Å². The summed E-state index contributed by atoms with van der Waals surface area (Å²) in [5.41, 5.74) is 2.26. The number of aliphatic hydroxyl groups is 1. The van der Waals surface area contributed by atoms with E-state index in [0.717, 1.165) is 12.1 Å². The van der Waals surface area contributed by atoms with Crippen LogP contribution < -0.4 is 0 Å². The lowest BCUT2D eigenvalue weighted by molar-refractivity contribution is 0.175. The van der Waals surface area contributed by atoms with Crippen molar-refractivity contribution >= 4 is 0 Å². The predicted octanol–water partition coefficient (Wildman–Crippen LogP) is 2.05. The van der Waals surface area contributed by atoms with E-state index in [1.54, 1.807) is 0 Å². The molecule has 0 spiro atoms. The highest BCUT2D eigenvalue weighted by molar-refractivity contribution is 5.16. The van der Waals surface area contributed by atoms with Crippen molar-refractivity contribution in [1.29, 1.82) is 0 Å². The molecule has 1 N–H and O–H groups in total. The maximum atomic E-state index is 10.0. The van der Waals surface area contributed by atoms with Gasteiger partial charge in [0, 0.05) is 19.2 Å². The average molecular weight is 230 g/mol. The fraction of sp³-hybridized carbons (Fsp3) is 0.357. The minimum Gasteiger partial charge on any atom is -0.392 e. The van der Waals surface area contributed by atoms with Gasteiger partial charge in [-0.05, 0) is 24.5 Å². The Morgan fingerprint density at radius 3 is 2.53 bits per heavy atom. The molecular formula is C14H18N2O. The summed E-state index contributed by atoms with van der Waals surface area (Å²) < 4.78 is 1.88. The Morgan fingerprint density at radius 2 is 1.88 bits per heavy atom. The molecule has 2 aromatic rings. The Balaban J connectivity index is 1.91. The van der Waals surface area contributed by atoms with Gasteiger partial charge in [-0.1, -0.05) is 30.3 Å². The topological polar surface area (TPSA) is 38.0 Å². The first-order valence-electron chi connectivity index (χ1n) is 6.01. The van der Waals surface area contributed by atoms with Gasteiger partial charge in [0.15, 0.2) is 0 Å². The van der Waals surface area contributed by atoms with Crippen molar-refractivity contribution in [2.24, 2.45) is 0 Å². The first kappa shape index (κ1) is 11.9. The van der Waals surface area contributed by atoms with E-state index in [1.807, 2.05) is 47.4 Å². The van der Waals surface area contributed by atoms with E-state index < -0.39 is 0 Å². The molecule has 1 aromatic heterocycles. The summed E-state index contributed by atoms with van der Waals surface area (Å²) >= 11 is 0. The summed E-state index contributed by atoms with van der Waals surface area (Å²) in [6, 6.07) is 10.1. The zero-order valence-corrected chi connectivity index (χ0v) is 10.1. The monoisotopic (exact) mass is 230 g/mol. The normalized spacial score (nSPS) is 12.6. The van der Waals surface area contributed by atoms with Crippen LogP contribution in [0, 0.1) is 0 Å². The molecule has 0 aliphatic carbocycles. The Labute approximate surface area is 102 Å². The second-order valence-corrected chi connectivity index (χ2v) is 4.25. The number of hydrogen-bond acceptors (Lipinski definition) is 2. The molecule has 0 saturated heterocycles. The molecule has 1 heterocycles. The molecule has 2 rings (SSSR count). The van der Waals surface area contributed by atoms with Crippen LogP contribution in [0.5, 0.6) is 0 Å². The van der Waals surface area contributed by atoms with Gasteiger partial charge in [0.2, 0.25) is 0 Å². The minimum absolute atomic E-state index is 0.341. The second-order valence-electron chi connectivity index (χ2n) is 4.25. The van der Waals surface area contributed by atoms with Crippen LogP contribution in [0.25, 0.3) is 0 Å². The maximum absolute atomic E-state index is 10.0. The van der Waals surface area contributed by atoms with Crippen LogP contribution >= 0.6 is 0 Å². The lowest BCUT2D eigenvalue weighted by Gasteiger charge is -2.08. The molecule has 90 valence electrons. The third-order valence-electron chi connectivity index (χ3n) is 2.80. The summed E-state index contributed by atoms with van der Waals surface area (Å²) in [5, 5.41) is 14.2. The standard InChI is InChI=1S/C14H18N2O/c1-2-16-11-13(10-15-16)9-14(17)8-12-6-4-3-5-7-12/h3-7,10-11,14,17H,2,8-9H2,1H3. The van der Waals surface area contributed by atoms with Crippen molar-refractivity contribution in [2.45, 2.75) is 32.4 Å². The van der Waals surface area contributed by atoms with Crippen molar-refractivity contribution < 1.29 is 5.11 Å². The third kappa shape index (κ3) is 3.43. The first-order valence-corrected chi connectivity index (χ1v) is 6.01. The maximum Gasteiger partial charge on any atom is 0.0622 e. The Morgan fingerprint density at radius 1 is 1.18 bits per heavy atom. The number of nitrogens with zero attached hydrogens (tertiary/aromatic N) is 2. The lowest BCUT2D eigenvalue weighted by Crippen LogP contribution is -2.13. The summed E-state index contributed by atoms with van der Waals surface area (Å²) in [6.07, 6.45) is 4.84. The molecule has 1 unspecified atom stereocenters. The van der Waals surface area contributed by atoms with E-state index in [9.17, 15) is 5.11 Å². The molecule has 17 heavy (non-hydrogen) atoms. The molecule has 0 amide bonds. The van der Waals surface area contributed by atoms with Gasteiger partial charge in [0.05, 0.1) is 12.3 Å². The van der Waals surface area contributed by atoms with E-state index >= 15 is 0 Å². The van der Waals surface area contributed by atoms with Crippen LogP contribution in [0.15, 0.2) is 42.7 Å². The SMILES string of the molecule is CCn1cc(CC(O)Cc2ccccc2)cn1. The molecule has 0 bridgehead atoms. The van der Waals surface area contributed by atoms with Crippen molar-refractivity contribution in [1.82, 2.24) is 9.78 Å². The fourth-order valence-corrected chi connectivity index (χ4v) is 1.92. The van der Waals surface area contributed by atoms with Crippen LogP contribution in [-0.2, 0) is 19.4 Å². The summed E-state index contributed by atoms with van der Waals surface area (Å²) in [5.74, 6) is 0. The van der Waals surface area contributed by atoms with E-state index in [4.69, 9.17) is 0 Å². The highest BCUT2D eigenvalue weighted by atomic mass is 16.3. The summed E-state index contributed by atoms with van der Waals surface area (Å²) in [7, 11) is 0. The number of aryl methyl sites for hydroxylation is 1. The zero-order valence-electron chi connectivity index (χ0n) is 10.1. The first-order chi connectivity index (χ1) is 8.28. The largest absolute Gasteiger partial charge is 0.392 e. The molecule has 0 saturated carbocycles. The van der Waals surface area contributed by atoms with E-state index in [1.165, 1.54) is 5.56 Å². The number of benzene rings is 1. The van der Waals surface area contributed by atoms with Gasteiger partial charge < -0.3 is 5.11 Å². The van der Waals surface area contributed by atoms with Gasteiger partial charge in [0.25, 0.3) is 0 Å². The van der Waals surface area contributed by atoms with Crippen LogP contribution in [-0.4, -0.2) is 21.0 Å². The third-order valence-corrected chi connectivity index (χ3v) is 2.80. The van der Waals surface area contributed by atoms with E-state index in [2.05, 4.69) is 12.0 Å². The molecule has 0 fully saturated rings. The van der Waals surface area contributed by atoms with Gasteiger partial charge in [-0.15, -0.1) is 0 Å². The molecule has 0 aliphatic rings. The van der Waals surface area contributed by atoms with Crippen LogP contribution in [0.2, 0.25) is 0 Å². The van der Waals surface area contributed by atoms with Crippen molar-refractivity contribution in [3.63, 3.8) is 0 Å². The van der Waals surface area contributed by atoms with Crippen LogP contribution in [0.4, 0.5) is 0 Å². The number of hydrogen-bond donors (Lipinski definition) is 1. The van der Waals surface area contributed by atoms with Gasteiger partial charge in [-0.25, -0.2) is 0 Å². The Hall–Kier alpha value is -1.61. The molecule has 0 aliphatic heterocycles. The molecule has 3 nitrogen and oxygen atoms in total. The van der Waals surface area contributed by atoms with Gasteiger partial charge in [-0.3, -0.25) is 4.68 Å². The molecule has 3 heteroatoms. The van der Waals surface area contributed by atoms with Gasteiger partial charge >= 0.3 is 0 Å². The fourth-order valence-electron chi connectivity index (χ4n) is 1.92. The lowest BCUT2D eigenvalue weighted by atomic mass is 10.0. The highest BCUT2D eigenvalue weighted by Gasteiger charge is 2.08. The van der Waals surface area contributed by atoms with Gasteiger partial charge in [0.1, 0.15) is 0 Å². The minimum atomic E-state index is -0.341. The Kier molecular flexibility index (Phi) is 3.94. The van der Waals surface area contributed by atoms with Gasteiger partial charge in [-0.2, -0.15) is 5.10 Å². The second kappa shape index (κ2) is 5.64.